The molecule has 0 aliphatic rings. The lowest BCUT2D eigenvalue weighted by molar-refractivity contribution is 0.0539. The fourth-order valence-corrected chi connectivity index (χ4v) is 2.31. The number of aryl methyl sites for hydroxylation is 1. The van der Waals surface area contributed by atoms with Gasteiger partial charge in [-0.25, -0.2) is 0 Å². The van der Waals surface area contributed by atoms with Crippen molar-refractivity contribution in [3.8, 4) is 0 Å². The van der Waals surface area contributed by atoms with Gasteiger partial charge in [-0.05, 0) is 18.1 Å². The molecule has 0 radical (unpaired) electrons. The van der Waals surface area contributed by atoms with Gasteiger partial charge in [0, 0.05) is 25.1 Å². The largest absolute Gasteiger partial charge is 0.396 e. The van der Waals surface area contributed by atoms with Gasteiger partial charge in [-0.15, -0.1) is 0 Å². The number of aliphatic hydroxyl groups excluding tert-OH is 2. The van der Waals surface area contributed by atoms with E-state index in [1.807, 2.05) is 49.6 Å². The summed E-state index contributed by atoms with van der Waals surface area (Å²) in [5, 5.41) is 23.8. The molecule has 0 bridgehead atoms. The van der Waals surface area contributed by atoms with E-state index in [0.29, 0.717) is 12.8 Å². The molecule has 0 saturated heterocycles. The van der Waals surface area contributed by atoms with Gasteiger partial charge in [-0.1, -0.05) is 30.3 Å². The predicted octanol–water partition coefficient (Wildman–Crippen LogP) is 1.18. The molecule has 2 N–H and O–H groups in total. The minimum Gasteiger partial charge on any atom is -0.396 e. The second kappa shape index (κ2) is 5.99. The van der Waals surface area contributed by atoms with Gasteiger partial charge in [0.05, 0.1) is 18.9 Å². The summed E-state index contributed by atoms with van der Waals surface area (Å²) in [6.07, 6.45) is 3.07. The molecule has 4 nitrogen and oxygen atoms in total. The number of hydrogen-bond acceptors (Lipinski definition) is 3. The Labute approximate surface area is 113 Å². The van der Waals surface area contributed by atoms with Crippen molar-refractivity contribution in [1.29, 1.82) is 0 Å². The van der Waals surface area contributed by atoms with Crippen LogP contribution in [0.4, 0.5) is 0 Å². The van der Waals surface area contributed by atoms with Crippen molar-refractivity contribution in [3.63, 3.8) is 0 Å². The van der Waals surface area contributed by atoms with E-state index >= 15 is 0 Å². The van der Waals surface area contributed by atoms with Crippen LogP contribution < -0.4 is 0 Å². The van der Waals surface area contributed by atoms with Crippen LogP contribution in [0.2, 0.25) is 0 Å². The van der Waals surface area contributed by atoms with E-state index in [4.69, 9.17) is 0 Å². The van der Waals surface area contributed by atoms with Gasteiger partial charge < -0.3 is 10.2 Å². The first-order valence-electron chi connectivity index (χ1n) is 6.42. The number of aliphatic hydroxyl groups is 2. The molecular formula is C15H20N2O2. The molecule has 2 rings (SSSR count). The van der Waals surface area contributed by atoms with Crippen molar-refractivity contribution in [2.45, 2.75) is 12.8 Å². The van der Waals surface area contributed by atoms with Crippen molar-refractivity contribution >= 4 is 0 Å². The summed E-state index contributed by atoms with van der Waals surface area (Å²) in [5.74, 6) is 0. The first kappa shape index (κ1) is 13.8. The molecule has 0 aliphatic heterocycles. The number of rotatable bonds is 6. The van der Waals surface area contributed by atoms with Crippen molar-refractivity contribution in [1.82, 2.24) is 9.78 Å². The van der Waals surface area contributed by atoms with Crippen LogP contribution in [-0.2, 0) is 19.9 Å². The highest BCUT2D eigenvalue weighted by Crippen LogP contribution is 2.26. The van der Waals surface area contributed by atoms with E-state index in [1.54, 1.807) is 4.68 Å². The number of aromatic nitrogens is 2. The fraction of sp³-hybridized carbons (Fsp3) is 0.400. The maximum atomic E-state index is 9.71. The summed E-state index contributed by atoms with van der Waals surface area (Å²) < 4.78 is 1.73. The Morgan fingerprint density at radius 3 is 2.26 bits per heavy atom. The van der Waals surface area contributed by atoms with Crippen LogP contribution >= 0.6 is 0 Å². The van der Waals surface area contributed by atoms with Crippen LogP contribution in [0.3, 0.4) is 0 Å². The molecule has 0 unspecified atom stereocenters. The maximum absolute atomic E-state index is 9.71. The molecule has 0 amide bonds. The van der Waals surface area contributed by atoms with Gasteiger partial charge in [-0.2, -0.15) is 5.10 Å². The normalized spacial score (nSPS) is 11.7. The first-order valence-corrected chi connectivity index (χ1v) is 6.42. The minimum atomic E-state index is -0.560. The highest BCUT2D eigenvalue weighted by Gasteiger charge is 2.30. The summed E-state index contributed by atoms with van der Waals surface area (Å²) in [6.45, 7) is -0.121. The molecule has 0 saturated carbocycles. The summed E-state index contributed by atoms with van der Waals surface area (Å²) in [4.78, 5) is 0. The molecule has 2 aromatic rings. The molecule has 1 aromatic heterocycles. The van der Waals surface area contributed by atoms with Gasteiger partial charge in [0.15, 0.2) is 0 Å². The SMILES string of the molecule is Cn1ccc(CC(CO)(CO)Cc2ccccc2)n1. The van der Waals surface area contributed by atoms with E-state index in [0.717, 1.165) is 11.3 Å². The molecule has 1 aromatic carbocycles. The second-order valence-electron chi connectivity index (χ2n) is 5.14. The van der Waals surface area contributed by atoms with Crippen LogP contribution in [-0.4, -0.2) is 33.2 Å². The van der Waals surface area contributed by atoms with Gasteiger partial charge in [0.1, 0.15) is 0 Å². The lowest BCUT2D eigenvalue weighted by Gasteiger charge is -2.29. The fourth-order valence-electron chi connectivity index (χ4n) is 2.31. The molecule has 19 heavy (non-hydrogen) atoms. The van der Waals surface area contributed by atoms with Gasteiger partial charge >= 0.3 is 0 Å². The zero-order valence-electron chi connectivity index (χ0n) is 11.2. The standard InChI is InChI=1S/C15H20N2O2/c1-17-8-7-14(16-17)10-15(11-18,12-19)9-13-5-3-2-4-6-13/h2-8,18-19H,9-12H2,1H3. The van der Waals surface area contributed by atoms with Crippen molar-refractivity contribution in [3.05, 3.63) is 53.9 Å². The Morgan fingerprint density at radius 1 is 1.05 bits per heavy atom. The van der Waals surface area contributed by atoms with E-state index in [-0.39, 0.29) is 13.2 Å². The van der Waals surface area contributed by atoms with Crippen LogP contribution in [0.5, 0.6) is 0 Å². The lowest BCUT2D eigenvalue weighted by Crippen LogP contribution is -2.35. The average molecular weight is 260 g/mol. The zero-order chi connectivity index (χ0) is 13.7. The van der Waals surface area contributed by atoms with Gasteiger partial charge in [-0.3, -0.25) is 4.68 Å². The quantitative estimate of drug-likeness (QED) is 0.820. The molecule has 0 spiro atoms. The topological polar surface area (TPSA) is 58.3 Å². The molecule has 1 heterocycles. The van der Waals surface area contributed by atoms with Crippen molar-refractivity contribution in [2.24, 2.45) is 12.5 Å². The third-order valence-corrected chi connectivity index (χ3v) is 3.42. The average Bonchev–Trinajstić information content (AvgIpc) is 2.84. The van der Waals surface area contributed by atoms with Crippen molar-refractivity contribution < 1.29 is 10.2 Å². The predicted molar refractivity (Wildman–Crippen MR) is 73.7 cm³/mol. The van der Waals surface area contributed by atoms with Gasteiger partial charge in [0.25, 0.3) is 0 Å². The zero-order valence-corrected chi connectivity index (χ0v) is 11.2. The summed E-state index contributed by atoms with van der Waals surface area (Å²) in [5.41, 5.74) is 1.44. The third kappa shape index (κ3) is 3.43. The monoisotopic (exact) mass is 260 g/mol. The van der Waals surface area contributed by atoms with E-state index in [1.165, 1.54) is 0 Å². The highest BCUT2D eigenvalue weighted by atomic mass is 16.3. The maximum Gasteiger partial charge on any atom is 0.0631 e. The van der Waals surface area contributed by atoms with Crippen LogP contribution in [0.1, 0.15) is 11.3 Å². The number of hydrogen-bond donors (Lipinski definition) is 2. The Kier molecular flexibility index (Phi) is 4.35. The molecular weight excluding hydrogens is 240 g/mol. The Morgan fingerprint density at radius 2 is 1.74 bits per heavy atom. The highest BCUT2D eigenvalue weighted by molar-refractivity contribution is 5.18. The third-order valence-electron chi connectivity index (χ3n) is 3.42. The van der Waals surface area contributed by atoms with Crippen LogP contribution in [0.15, 0.2) is 42.6 Å². The van der Waals surface area contributed by atoms with E-state index < -0.39 is 5.41 Å². The van der Waals surface area contributed by atoms with E-state index in [2.05, 4.69) is 5.10 Å². The number of nitrogens with zero attached hydrogens (tertiary/aromatic N) is 2. The first-order chi connectivity index (χ1) is 9.17. The Bertz CT molecular complexity index is 504. The summed E-state index contributed by atoms with van der Waals surface area (Å²) in [7, 11) is 1.86. The Balaban J connectivity index is 2.17. The summed E-state index contributed by atoms with van der Waals surface area (Å²) in [6, 6.07) is 11.8. The second-order valence-corrected chi connectivity index (χ2v) is 5.14. The van der Waals surface area contributed by atoms with Crippen LogP contribution in [0, 0.1) is 5.41 Å². The van der Waals surface area contributed by atoms with Crippen LogP contribution in [0.25, 0.3) is 0 Å². The smallest absolute Gasteiger partial charge is 0.0631 e. The minimum absolute atomic E-state index is 0.0605. The molecule has 102 valence electrons. The molecule has 0 atom stereocenters. The summed E-state index contributed by atoms with van der Waals surface area (Å²) >= 11 is 0. The molecule has 0 fully saturated rings. The van der Waals surface area contributed by atoms with Crippen molar-refractivity contribution in [2.75, 3.05) is 13.2 Å². The number of benzene rings is 1. The lowest BCUT2D eigenvalue weighted by atomic mass is 9.79. The van der Waals surface area contributed by atoms with Gasteiger partial charge in [0.2, 0.25) is 0 Å². The van der Waals surface area contributed by atoms with E-state index in [9.17, 15) is 10.2 Å². The molecule has 0 aliphatic carbocycles. The molecule has 4 heteroatoms. The Hall–Kier alpha value is -1.65.